The first kappa shape index (κ1) is 6.60. The highest BCUT2D eigenvalue weighted by Crippen LogP contribution is 2.05. The van der Waals surface area contributed by atoms with E-state index in [4.69, 9.17) is 5.11 Å². The summed E-state index contributed by atoms with van der Waals surface area (Å²) in [5.74, 6) is 5.88. The van der Waals surface area contributed by atoms with Crippen molar-refractivity contribution in [1.82, 2.24) is 5.32 Å². The molecule has 2 atom stereocenters. The maximum Gasteiger partial charge on any atom is 0.0814 e. The molecule has 1 aliphatic rings. The molecule has 2 heteroatoms. The lowest BCUT2D eigenvalue weighted by Crippen LogP contribution is -2.15. The van der Waals surface area contributed by atoms with Crippen LogP contribution in [0.25, 0.3) is 0 Å². The van der Waals surface area contributed by atoms with E-state index in [9.17, 15) is 0 Å². The van der Waals surface area contributed by atoms with Crippen LogP contribution in [0.1, 0.15) is 6.92 Å². The van der Waals surface area contributed by atoms with Gasteiger partial charge in [-0.15, -0.1) is 5.92 Å². The van der Waals surface area contributed by atoms with Crippen LogP contribution in [0.5, 0.6) is 0 Å². The normalized spacial score (nSPS) is 33.6. The summed E-state index contributed by atoms with van der Waals surface area (Å²) >= 11 is 0. The zero-order chi connectivity index (χ0) is 6.69. The van der Waals surface area contributed by atoms with Gasteiger partial charge in [-0.05, 0) is 6.92 Å². The minimum Gasteiger partial charge on any atom is -0.390 e. The van der Waals surface area contributed by atoms with Crippen LogP contribution >= 0.6 is 0 Å². The Morgan fingerprint density at radius 3 is 2.78 bits per heavy atom. The molecule has 0 saturated carbocycles. The summed E-state index contributed by atoms with van der Waals surface area (Å²) in [6.07, 6.45) is -0.252. The minimum atomic E-state index is -0.252. The van der Waals surface area contributed by atoms with E-state index in [1.54, 1.807) is 6.92 Å². The number of hydrogen-bond donors (Lipinski definition) is 2. The Morgan fingerprint density at radius 1 is 1.56 bits per heavy atom. The van der Waals surface area contributed by atoms with Crippen LogP contribution in [0.4, 0.5) is 0 Å². The van der Waals surface area contributed by atoms with Crippen LogP contribution in [0.15, 0.2) is 0 Å². The second kappa shape index (κ2) is 2.86. The Balaban J connectivity index is 2.46. The Labute approximate surface area is 55.3 Å². The highest BCUT2D eigenvalue weighted by atomic mass is 16.3. The number of aliphatic hydroxyl groups is 1. The van der Waals surface area contributed by atoms with Crippen LogP contribution in [0.3, 0.4) is 0 Å². The molecule has 9 heavy (non-hydrogen) atoms. The van der Waals surface area contributed by atoms with Crippen molar-refractivity contribution >= 4 is 0 Å². The molecule has 0 aromatic rings. The SMILES string of the molecule is CC#CC1CNCC1O. The molecule has 1 heterocycles. The molecule has 0 aromatic carbocycles. The van der Waals surface area contributed by atoms with Crippen molar-refractivity contribution in [3.05, 3.63) is 0 Å². The highest BCUT2D eigenvalue weighted by molar-refractivity contribution is 5.06. The van der Waals surface area contributed by atoms with Crippen molar-refractivity contribution in [1.29, 1.82) is 0 Å². The number of β-amino-alcohol motifs (C(OH)–C–C–N with tert-alkyl or cyclic N) is 1. The molecule has 1 aliphatic heterocycles. The molecule has 0 radical (unpaired) electrons. The molecule has 2 N–H and O–H groups in total. The van der Waals surface area contributed by atoms with Crippen molar-refractivity contribution < 1.29 is 5.11 Å². The first-order valence-corrected chi connectivity index (χ1v) is 3.15. The van der Waals surface area contributed by atoms with Gasteiger partial charge >= 0.3 is 0 Å². The molecular weight excluding hydrogens is 114 g/mol. The maximum absolute atomic E-state index is 9.16. The zero-order valence-corrected chi connectivity index (χ0v) is 5.52. The van der Waals surface area contributed by atoms with Gasteiger partial charge in [0.05, 0.1) is 12.0 Å². The third kappa shape index (κ3) is 1.44. The number of nitrogens with one attached hydrogen (secondary N) is 1. The molecule has 0 spiro atoms. The minimum absolute atomic E-state index is 0.162. The summed E-state index contributed by atoms with van der Waals surface area (Å²) in [5.41, 5.74) is 0. The van der Waals surface area contributed by atoms with Crippen LogP contribution in [0, 0.1) is 17.8 Å². The summed E-state index contributed by atoms with van der Waals surface area (Å²) in [5, 5.41) is 12.2. The second-order valence-electron chi connectivity index (χ2n) is 2.23. The van der Waals surface area contributed by atoms with Gasteiger partial charge in [-0.1, -0.05) is 5.92 Å². The largest absolute Gasteiger partial charge is 0.390 e. The summed E-state index contributed by atoms with van der Waals surface area (Å²) in [7, 11) is 0. The van der Waals surface area contributed by atoms with E-state index < -0.39 is 0 Å². The van der Waals surface area contributed by atoms with E-state index in [-0.39, 0.29) is 12.0 Å². The average Bonchev–Trinajstić information content (AvgIpc) is 2.18. The van der Waals surface area contributed by atoms with Gasteiger partial charge in [0.1, 0.15) is 0 Å². The van der Waals surface area contributed by atoms with Gasteiger partial charge in [-0.25, -0.2) is 0 Å². The third-order valence-corrected chi connectivity index (χ3v) is 1.51. The van der Waals surface area contributed by atoms with Gasteiger partial charge in [0.15, 0.2) is 0 Å². The monoisotopic (exact) mass is 125 g/mol. The van der Waals surface area contributed by atoms with Crippen LogP contribution < -0.4 is 5.32 Å². The van der Waals surface area contributed by atoms with Crippen LogP contribution in [-0.4, -0.2) is 24.3 Å². The molecule has 0 aliphatic carbocycles. The average molecular weight is 125 g/mol. The van der Waals surface area contributed by atoms with E-state index in [0.29, 0.717) is 6.54 Å². The van der Waals surface area contributed by atoms with E-state index in [1.807, 2.05) is 0 Å². The second-order valence-corrected chi connectivity index (χ2v) is 2.23. The van der Waals surface area contributed by atoms with Crippen LogP contribution in [0.2, 0.25) is 0 Å². The Morgan fingerprint density at radius 2 is 2.33 bits per heavy atom. The lowest BCUT2D eigenvalue weighted by molar-refractivity contribution is 0.171. The quantitative estimate of drug-likeness (QED) is 0.431. The van der Waals surface area contributed by atoms with Crippen molar-refractivity contribution in [2.45, 2.75) is 13.0 Å². The lowest BCUT2D eigenvalue weighted by atomic mass is 10.1. The molecule has 2 unspecified atom stereocenters. The number of hydrogen-bond acceptors (Lipinski definition) is 2. The number of rotatable bonds is 0. The predicted molar refractivity (Wildman–Crippen MR) is 35.8 cm³/mol. The van der Waals surface area contributed by atoms with Gasteiger partial charge < -0.3 is 10.4 Å². The summed E-state index contributed by atoms with van der Waals surface area (Å²) in [4.78, 5) is 0. The molecule has 1 saturated heterocycles. The molecule has 0 aromatic heterocycles. The smallest absolute Gasteiger partial charge is 0.0814 e. The molecule has 1 rings (SSSR count). The predicted octanol–water partition coefficient (Wildman–Crippen LogP) is -0.410. The van der Waals surface area contributed by atoms with E-state index in [0.717, 1.165) is 6.54 Å². The highest BCUT2D eigenvalue weighted by Gasteiger charge is 2.22. The standard InChI is InChI=1S/C7H11NO/c1-2-3-6-4-8-5-7(6)9/h6-9H,4-5H2,1H3. The van der Waals surface area contributed by atoms with Gasteiger partial charge in [0, 0.05) is 13.1 Å². The molecule has 0 bridgehead atoms. The number of aliphatic hydroxyl groups excluding tert-OH is 1. The Hall–Kier alpha value is -0.520. The fourth-order valence-electron chi connectivity index (χ4n) is 0.998. The fourth-order valence-corrected chi connectivity index (χ4v) is 0.998. The van der Waals surface area contributed by atoms with Crippen LogP contribution in [-0.2, 0) is 0 Å². The van der Waals surface area contributed by atoms with Gasteiger partial charge in [-0.3, -0.25) is 0 Å². The first-order chi connectivity index (χ1) is 4.34. The van der Waals surface area contributed by atoms with Crippen molar-refractivity contribution in [2.75, 3.05) is 13.1 Å². The third-order valence-electron chi connectivity index (χ3n) is 1.51. The van der Waals surface area contributed by atoms with E-state index >= 15 is 0 Å². The maximum atomic E-state index is 9.16. The topological polar surface area (TPSA) is 32.3 Å². The molecule has 0 amide bonds. The van der Waals surface area contributed by atoms with E-state index in [2.05, 4.69) is 17.2 Å². The van der Waals surface area contributed by atoms with Crippen molar-refractivity contribution in [3.8, 4) is 11.8 Å². The molecule has 50 valence electrons. The molecular formula is C7H11NO. The summed E-state index contributed by atoms with van der Waals surface area (Å²) in [6, 6.07) is 0. The lowest BCUT2D eigenvalue weighted by Gasteiger charge is -2.02. The molecule has 2 nitrogen and oxygen atoms in total. The van der Waals surface area contributed by atoms with Crippen molar-refractivity contribution in [2.24, 2.45) is 5.92 Å². The first-order valence-electron chi connectivity index (χ1n) is 3.15. The van der Waals surface area contributed by atoms with Crippen molar-refractivity contribution in [3.63, 3.8) is 0 Å². The Kier molecular flexibility index (Phi) is 2.10. The van der Waals surface area contributed by atoms with Gasteiger partial charge in [0.2, 0.25) is 0 Å². The van der Waals surface area contributed by atoms with Gasteiger partial charge in [-0.2, -0.15) is 0 Å². The summed E-state index contributed by atoms with van der Waals surface area (Å²) < 4.78 is 0. The van der Waals surface area contributed by atoms with E-state index in [1.165, 1.54) is 0 Å². The fraction of sp³-hybridized carbons (Fsp3) is 0.714. The molecule has 1 fully saturated rings. The van der Waals surface area contributed by atoms with Gasteiger partial charge in [0.25, 0.3) is 0 Å². The zero-order valence-electron chi connectivity index (χ0n) is 5.52. The Bertz CT molecular complexity index is 145. The summed E-state index contributed by atoms with van der Waals surface area (Å²) in [6.45, 7) is 3.33.